The predicted molar refractivity (Wildman–Crippen MR) is 91.9 cm³/mol. The molecule has 24 heavy (non-hydrogen) atoms. The topological polar surface area (TPSA) is 56.1 Å². The number of ether oxygens (including phenoxy) is 1. The third-order valence-electron chi connectivity index (χ3n) is 3.80. The second-order valence-corrected chi connectivity index (χ2v) is 5.42. The normalized spacial score (nSPS) is 10.4. The van der Waals surface area contributed by atoms with Gasteiger partial charge in [-0.1, -0.05) is 30.3 Å². The highest BCUT2D eigenvalue weighted by Crippen LogP contribution is 2.14. The highest BCUT2D eigenvalue weighted by molar-refractivity contribution is 5.94. The van der Waals surface area contributed by atoms with E-state index in [1.54, 1.807) is 37.8 Å². The number of hydrogen-bond donors (Lipinski definition) is 1. The summed E-state index contributed by atoms with van der Waals surface area (Å²) in [5.74, 6) is 0.550. The van der Waals surface area contributed by atoms with Gasteiger partial charge >= 0.3 is 0 Å². The summed E-state index contributed by atoms with van der Waals surface area (Å²) in [5.41, 5.74) is 2.82. The molecule has 0 radical (unpaired) electrons. The lowest BCUT2D eigenvalue weighted by molar-refractivity contribution is 0.0950. The van der Waals surface area contributed by atoms with Crippen molar-refractivity contribution in [2.45, 2.75) is 13.1 Å². The molecule has 5 heteroatoms. The monoisotopic (exact) mass is 321 g/mol. The first-order valence-electron chi connectivity index (χ1n) is 7.71. The molecule has 1 amide bonds. The van der Waals surface area contributed by atoms with Crippen LogP contribution in [0.25, 0.3) is 0 Å². The quantitative estimate of drug-likeness (QED) is 0.759. The summed E-state index contributed by atoms with van der Waals surface area (Å²) < 4.78 is 7.16. The number of hydrogen-bond acceptors (Lipinski definition) is 3. The van der Waals surface area contributed by atoms with Crippen molar-refractivity contribution in [3.63, 3.8) is 0 Å². The summed E-state index contributed by atoms with van der Waals surface area (Å²) in [7, 11) is 1.59. The molecule has 2 aromatic carbocycles. The van der Waals surface area contributed by atoms with Crippen LogP contribution in [0.5, 0.6) is 5.75 Å². The van der Waals surface area contributed by atoms with E-state index in [4.69, 9.17) is 4.74 Å². The zero-order valence-electron chi connectivity index (χ0n) is 13.5. The van der Waals surface area contributed by atoms with Gasteiger partial charge in [-0.05, 0) is 29.3 Å². The van der Waals surface area contributed by atoms with Crippen LogP contribution >= 0.6 is 0 Å². The molecule has 5 nitrogen and oxygen atoms in total. The first-order valence-corrected chi connectivity index (χ1v) is 7.71. The lowest BCUT2D eigenvalue weighted by Crippen LogP contribution is -2.23. The Kier molecular flexibility index (Phi) is 4.91. The molecule has 0 saturated carbocycles. The van der Waals surface area contributed by atoms with Gasteiger partial charge in [0, 0.05) is 31.0 Å². The lowest BCUT2D eigenvalue weighted by Gasteiger charge is -2.11. The number of aromatic nitrogens is 2. The standard InChI is InChI=1S/C19H19N3O2/c1-24-18-8-4-7-15(11-18)19(23)21-12-16-5-2-3-6-17(16)13-22-10-9-20-14-22/h2-11,14H,12-13H2,1H3,(H,21,23). The van der Waals surface area contributed by atoms with Crippen LogP contribution < -0.4 is 10.1 Å². The largest absolute Gasteiger partial charge is 0.497 e. The SMILES string of the molecule is COc1cccc(C(=O)NCc2ccccc2Cn2ccnc2)c1. The molecule has 0 fully saturated rings. The molecule has 0 aliphatic heterocycles. The molecule has 3 aromatic rings. The van der Waals surface area contributed by atoms with Crippen LogP contribution in [0.3, 0.4) is 0 Å². The molecule has 0 spiro atoms. The van der Waals surface area contributed by atoms with E-state index in [0.29, 0.717) is 17.9 Å². The van der Waals surface area contributed by atoms with E-state index in [-0.39, 0.29) is 5.91 Å². The van der Waals surface area contributed by atoms with Gasteiger partial charge in [0.25, 0.3) is 5.91 Å². The Morgan fingerprint density at radius 2 is 2.00 bits per heavy atom. The first-order chi connectivity index (χ1) is 11.8. The molecular weight excluding hydrogens is 302 g/mol. The van der Waals surface area contributed by atoms with Crippen molar-refractivity contribution in [3.05, 3.63) is 83.9 Å². The molecule has 0 bridgehead atoms. The fourth-order valence-electron chi connectivity index (χ4n) is 2.50. The van der Waals surface area contributed by atoms with Crippen molar-refractivity contribution < 1.29 is 9.53 Å². The van der Waals surface area contributed by atoms with Crippen LogP contribution in [0.15, 0.2) is 67.3 Å². The van der Waals surface area contributed by atoms with Crippen molar-refractivity contribution in [2.24, 2.45) is 0 Å². The Hall–Kier alpha value is -3.08. The fourth-order valence-corrected chi connectivity index (χ4v) is 2.50. The van der Waals surface area contributed by atoms with Gasteiger partial charge in [0.05, 0.1) is 13.4 Å². The van der Waals surface area contributed by atoms with Crippen molar-refractivity contribution in [3.8, 4) is 5.75 Å². The van der Waals surface area contributed by atoms with Crippen molar-refractivity contribution >= 4 is 5.91 Å². The number of benzene rings is 2. The van der Waals surface area contributed by atoms with E-state index in [0.717, 1.165) is 17.7 Å². The number of rotatable bonds is 6. The lowest BCUT2D eigenvalue weighted by atomic mass is 10.1. The van der Waals surface area contributed by atoms with Gasteiger partial charge < -0.3 is 14.6 Å². The Balaban J connectivity index is 1.69. The maximum Gasteiger partial charge on any atom is 0.251 e. The second-order valence-electron chi connectivity index (χ2n) is 5.42. The Morgan fingerprint density at radius 1 is 1.17 bits per heavy atom. The van der Waals surface area contributed by atoms with Crippen molar-refractivity contribution in [2.75, 3.05) is 7.11 Å². The summed E-state index contributed by atoms with van der Waals surface area (Å²) in [6.07, 6.45) is 5.46. The minimum atomic E-state index is -0.119. The van der Waals surface area contributed by atoms with E-state index in [2.05, 4.69) is 16.4 Å². The maximum absolute atomic E-state index is 12.3. The van der Waals surface area contributed by atoms with Gasteiger partial charge in [-0.15, -0.1) is 0 Å². The molecule has 3 rings (SSSR count). The summed E-state index contributed by atoms with van der Waals surface area (Å²) >= 11 is 0. The van der Waals surface area contributed by atoms with E-state index < -0.39 is 0 Å². The van der Waals surface area contributed by atoms with Crippen LogP contribution in [0.1, 0.15) is 21.5 Å². The third-order valence-corrected chi connectivity index (χ3v) is 3.80. The van der Waals surface area contributed by atoms with Crippen molar-refractivity contribution in [1.29, 1.82) is 0 Å². The van der Waals surface area contributed by atoms with Gasteiger partial charge in [0.2, 0.25) is 0 Å². The maximum atomic E-state index is 12.3. The minimum absolute atomic E-state index is 0.119. The average molecular weight is 321 g/mol. The van der Waals surface area contributed by atoms with E-state index in [1.165, 1.54) is 0 Å². The van der Waals surface area contributed by atoms with Crippen LogP contribution in [0.2, 0.25) is 0 Å². The number of nitrogens with zero attached hydrogens (tertiary/aromatic N) is 2. The zero-order valence-corrected chi connectivity index (χ0v) is 13.5. The van der Waals surface area contributed by atoms with Gasteiger partial charge in [-0.3, -0.25) is 4.79 Å². The number of amides is 1. The van der Waals surface area contributed by atoms with E-state index in [9.17, 15) is 4.79 Å². The van der Waals surface area contributed by atoms with E-state index >= 15 is 0 Å². The molecule has 0 aliphatic carbocycles. The fraction of sp³-hybridized carbons (Fsp3) is 0.158. The third kappa shape index (κ3) is 3.81. The summed E-state index contributed by atoms with van der Waals surface area (Å²) in [4.78, 5) is 16.4. The van der Waals surface area contributed by atoms with Crippen LogP contribution in [-0.2, 0) is 13.1 Å². The van der Waals surface area contributed by atoms with E-state index in [1.807, 2.05) is 35.0 Å². The van der Waals surface area contributed by atoms with Gasteiger partial charge in [0.1, 0.15) is 5.75 Å². The Morgan fingerprint density at radius 3 is 2.75 bits per heavy atom. The van der Waals surface area contributed by atoms with Crippen LogP contribution in [0, 0.1) is 0 Å². The number of methoxy groups -OCH3 is 1. The van der Waals surface area contributed by atoms with Crippen LogP contribution in [0.4, 0.5) is 0 Å². The summed E-state index contributed by atoms with van der Waals surface area (Å²) in [6, 6.07) is 15.2. The minimum Gasteiger partial charge on any atom is -0.497 e. The second kappa shape index (κ2) is 7.46. The molecule has 1 N–H and O–H groups in total. The highest BCUT2D eigenvalue weighted by atomic mass is 16.5. The molecule has 0 atom stereocenters. The zero-order chi connectivity index (χ0) is 16.8. The molecule has 122 valence electrons. The number of carbonyl (C=O) groups is 1. The molecule has 0 unspecified atom stereocenters. The summed E-state index contributed by atoms with van der Waals surface area (Å²) in [5, 5.41) is 2.97. The van der Waals surface area contributed by atoms with Gasteiger partial charge in [-0.25, -0.2) is 4.98 Å². The number of nitrogens with one attached hydrogen (secondary N) is 1. The molecular formula is C19H19N3O2. The first kappa shape index (κ1) is 15.8. The molecule has 0 aliphatic rings. The Labute approximate surface area is 140 Å². The Bertz CT molecular complexity index is 813. The summed E-state index contributed by atoms with van der Waals surface area (Å²) in [6.45, 7) is 1.20. The smallest absolute Gasteiger partial charge is 0.251 e. The van der Waals surface area contributed by atoms with Crippen molar-refractivity contribution in [1.82, 2.24) is 14.9 Å². The number of imidazole rings is 1. The molecule has 1 aromatic heterocycles. The number of carbonyl (C=O) groups excluding carboxylic acids is 1. The highest BCUT2D eigenvalue weighted by Gasteiger charge is 2.08. The van der Waals surface area contributed by atoms with Gasteiger partial charge in [0.15, 0.2) is 0 Å². The molecule has 1 heterocycles. The average Bonchev–Trinajstić information content (AvgIpc) is 3.14. The predicted octanol–water partition coefficient (Wildman–Crippen LogP) is 2.87. The van der Waals surface area contributed by atoms with Gasteiger partial charge in [-0.2, -0.15) is 0 Å². The molecule has 0 saturated heterocycles. The van der Waals surface area contributed by atoms with Crippen LogP contribution in [-0.4, -0.2) is 22.6 Å².